The zero-order chi connectivity index (χ0) is 26.7. The molecule has 0 unspecified atom stereocenters. The van der Waals surface area contributed by atoms with Gasteiger partial charge in [0.25, 0.3) is 11.8 Å². The Balaban J connectivity index is 1.31. The maximum Gasteiger partial charge on any atom is 0.273 e. The van der Waals surface area contributed by atoms with Crippen molar-refractivity contribution in [3.05, 3.63) is 99.3 Å². The zero-order valence-corrected chi connectivity index (χ0v) is 22.3. The van der Waals surface area contributed by atoms with E-state index in [1.165, 1.54) is 18.3 Å². The topological polar surface area (TPSA) is 95.1 Å². The summed E-state index contributed by atoms with van der Waals surface area (Å²) in [5.74, 6) is -1.26. The van der Waals surface area contributed by atoms with Crippen LogP contribution in [-0.2, 0) is 11.3 Å². The summed E-state index contributed by atoms with van der Waals surface area (Å²) in [5, 5.41) is 10.1. The van der Waals surface area contributed by atoms with Crippen molar-refractivity contribution >= 4 is 39.6 Å². The van der Waals surface area contributed by atoms with Crippen molar-refractivity contribution < 1.29 is 18.7 Å². The third-order valence-electron chi connectivity index (χ3n) is 5.96. The summed E-state index contributed by atoms with van der Waals surface area (Å²) in [6, 6.07) is 18.1. The molecular formula is C28H29BrFN5O3. The number of amides is 2. The average molecular weight is 582 g/mol. The predicted molar refractivity (Wildman–Crippen MR) is 149 cm³/mol. The number of morpholine rings is 1. The second-order valence-electron chi connectivity index (χ2n) is 8.73. The second-order valence-corrected chi connectivity index (χ2v) is 9.64. The van der Waals surface area contributed by atoms with Crippen LogP contribution < -0.4 is 16.1 Å². The van der Waals surface area contributed by atoms with E-state index in [0.717, 1.165) is 45.0 Å². The fourth-order valence-corrected chi connectivity index (χ4v) is 4.25. The monoisotopic (exact) mass is 581 g/mol. The van der Waals surface area contributed by atoms with E-state index in [9.17, 15) is 14.0 Å². The van der Waals surface area contributed by atoms with E-state index in [1.54, 1.807) is 42.5 Å². The molecule has 0 bridgehead atoms. The molecule has 1 saturated heterocycles. The van der Waals surface area contributed by atoms with Crippen molar-refractivity contribution in [2.45, 2.75) is 6.54 Å². The maximum absolute atomic E-state index is 13.3. The molecular weight excluding hydrogens is 553 g/mol. The molecule has 0 aliphatic carbocycles. The molecule has 8 nitrogen and oxygen atoms in total. The van der Waals surface area contributed by atoms with Crippen LogP contribution in [0, 0.1) is 5.82 Å². The quantitative estimate of drug-likeness (QED) is 0.191. The number of carbonyl (C=O) groups is 2. The minimum Gasteiger partial charge on any atom is -0.379 e. The number of ether oxygens (including phenoxy) is 1. The number of rotatable bonds is 10. The van der Waals surface area contributed by atoms with Gasteiger partial charge in [0.05, 0.1) is 30.7 Å². The van der Waals surface area contributed by atoms with Gasteiger partial charge in [-0.2, -0.15) is 5.10 Å². The summed E-state index contributed by atoms with van der Waals surface area (Å²) in [6.45, 7) is 6.08. The first-order chi connectivity index (χ1) is 18.5. The number of benzene rings is 3. The normalized spacial score (nSPS) is 13.9. The number of hydrazone groups is 1. The molecule has 3 aromatic carbocycles. The van der Waals surface area contributed by atoms with Crippen molar-refractivity contribution in [2.24, 2.45) is 5.10 Å². The molecule has 0 aromatic heterocycles. The molecule has 38 heavy (non-hydrogen) atoms. The van der Waals surface area contributed by atoms with Crippen molar-refractivity contribution in [3.8, 4) is 0 Å². The highest BCUT2D eigenvalue weighted by Gasteiger charge is 2.15. The fourth-order valence-electron chi connectivity index (χ4n) is 3.89. The first-order valence-electron chi connectivity index (χ1n) is 12.3. The molecule has 4 rings (SSSR count). The summed E-state index contributed by atoms with van der Waals surface area (Å²) >= 11 is 3.36. The highest BCUT2D eigenvalue weighted by Crippen LogP contribution is 2.22. The average Bonchev–Trinajstić information content (AvgIpc) is 2.93. The van der Waals surface area contributed by atoms with Gasteiger partial charge in [0.15, 0.2) is 0 Å². The van der Waals surface area contributed by atoms with Crippen LogP contribution in [0.15, 0.2) is 76.3 Å². The first kappa shape index (κ1) is 27.6. The van der Waals surface area contributed by atoms with Crippen molar-refractivity contribution in [3.63, 3.8) is 0 Å². The lowest BCUT2D eigenvalue weighted by Gasteiger charge is -2.26. The summed E-state index contributed by atoms with van der Waals surface area (Å²) < 4.78 is 19.4. The SMILES string of the molecule is O=C(Nc1ccc(Br)cc1C(=O)N/N=C/c1cccc(F)c1)c1ccc(CNCCN2CCOCC2)cc1. The van der Waals surface area contributed by atoms with Gasteiger partial charge in [0, 0.05) is 42.8 Å². The standard InChI is InChI=1S/C28H29BrFN5O3/c29-23-8-9-26(25(17-23)28(37)34-32-19-21-2-1-3-24(30)16-21)33-27(36)22-6-4-20(5-7-22)18-31-10-11-35-12-14-38-15-13-35/h1-9,16-17,19,31H,10-15,18H2,(H,33,36)(H,34,37)/b32-19+. The molecule has 3 aromatic rings. The van der Waals surface area contributed by atoms with Crippen LogP contribution in [0.25, 0.3) is 0 Å². The fraction of sp³-hybridized carbons (Fsp3) is 0.250. The zero-order valence-electron chi connectivity index (χ0n) is 20.8. The van der Waals surface area contributed by atoms with Gasteiger partial charge in [-0.1, -0.05) is 40.2 Å². The molecule has 0 radical (unpaired) electrons. The van der Waals surface area contributed by atoms with Crippen LogP contribution in [0.1, 0.15) is 31.8 Å². The number of carbonyl (C=O) groups excluding carboxylic acids is 2. The van der Waals surface area contributed by atoms with Crippen molar-refractivity contribution in [2.75, 3.05) is 44.7 Å². The van der Waals surface area contributed by atoms with Gasteiger partial charge in [-0.25, -0.2) is 9.82 Å². The van der Waals surface area contributed by atoms with Gasteiger partial charge >= 0.3 is 0 Å². The first-order valence-corrected chi connectivity index (χ1v) is 13.1. The minimum absolute atomic E-state index is 0.227. The van der Waals surface area contributed by atoms with Crippen molar-refractivity contribution in [1.29, 1.82) is 0 Å². The Kier molecular flexibility index (Phi) is 10.1. The van der Waals surface area contributed by atoms with Crippen LogP contribution in [0.5, 0.6) is 0 Å². The Morgan fingerprint density at radius 3 is 2.58 bits per heavy atom. The molecule has 1 aliphatic heterocycles. The van der Waals surface area contributed by atoms with Crippen LogP contribution >= 0.6 is 15.9 Å². The smallest absolute Gasteiger partial charge is 0.273 e. The number of nitrogens with one attached hydrogen (secondary N) is 3. The third kappa shape index (κ3) is 8.29. The largest absolute Gasteiger partial charge is 0.379 e. The molecule has 0 saturated carbocycles. The molecule has 10 heteroatoms. The van der Waals surface area contributed by atoms with Gasteiger partial charge in [-0.3, -0.25) is 14.5 Å². The number of anilines is 1. The lowest BCUT2D eigenvalue weighted by molar-refractivity contribution is 0.0384. The van der Waals surface area contributed by atoms with Crippen LogP contribution in [-0.4, -0.2) is 62.3 Å². The van der Waals surface area contributed by atoms with E-state index >= 15 is 0 Å². The molecule has 2 amide bonds. The minimum atomic E-state index is -0.521. The molecule has 1 aliphatic rings. The molecule has 0 atom stereocenters. The van der Waals surface area contributed by atoms with Gasteiger partial charge < -0.3 is 15.4 Å². The number of hydrogen-bond donors (Lipinski definition) is 3. The van der Waals surface area contributed by atoms with Crippen molar-refractivity contribution in [1.82, 2.24) is 15.6 Å². The second kappa shape index (κ2) is 13.9. The molecule has 0 spiro atoms. The summed E-state index contributed by atoms with van der Waals surface area (Å²) in [4.78, 5) is 28.0. The summed E-state index contributed by atoms with van der Waals surface area (Å²) in [7, 11) is 0. The number of halogens is 2. The maximum atomic E-state index is 13.3. The Morgan fingerprint density at radius 2 is 1.82 bits per heavy atom. The van der Waals surface area contributed by atoms with E-state index in [-0.39, 0.29) is 11.5 Å². The Labute approximate surface area is 229 Å². The Bertz CT molecular complexity index is 1280. The van der Waals surface area contributed by atoms with E-state index < -0.39 is 11.7 Å². The van der Waals surface area contributed by atoms with Gasteiger partial charge in [-0.05, 0) is 53.6 Å². The summed E-state index contributed by atoms with van der Waals surface area (Å²) in [6.07, 6.45) is 1.34. The number of nitrogens with zero attached hydrogens (tertiary/aromatic N) is 2. The Morgan fingerprint density at radius 1 is 1.03 bits per heavy atom. The molecule has 198 valence electrons. The van der Waals surface area contributed by atoms with E-state index in [1.807, 2.05) is 12.1 Å². The lowest BCUT2D eigenvalue weighted by Crippen LogP contribution is -2.40. The van der Waals surface area contributed by atoms with E-state index in [0.29, 0.717) is 27.8 Å². The van der Waals surface area contributed by atoms with Gasteiger partial charge in [0.2, 0.25) is 0 Å². The number of hydrogen-bond acceptors (Lipinski definition) is 6. The molecule has 3 N–H and O–H groups in total. The highest BCUT2D eigenvalue weighted by molar-refractivity contribution is 9.10. The summed E-state index contributed by atoms with van der Waals surface area (Å²) in [5.41, 5.74) is 5.03. The Hall–Kier alpha value is -3.44. The van der Waals surface area contributed by atoms with Crippen LogP contribution in [0.2, 0.25) is 0 Å². The third-order valence-corrected chi connectivity index (χ3v) is 6.45. The van der Waals surface area contributed by atoms with E-state index in [2.05, 4.69) is 42.0 Å². The van der Waals surface area contributed by atoms with E-state index in [4.69, 9.17) is 4.74 Å². The predicted octanol–water partition coefficient (Wildman–Crippen LogP) is 4.03. The van der Waals surface area contributed by atoms with Crippen LogP contribution in [0.3, 0.4) is 0 Å². The van der Waals surface area contributed by atoms with Gasteiger partial charge in [-0.15, -0.1) is 0 Å². The molecule has 1 heterocycles. The highest BCUT2D eigenvalue weighted by atomic mass is 79.9. The lowest BCUT2D eigenvalue weighted by atomic mass is 10.1. The van der Waals surface area contributed by atoms with Gasteiger partial charge in [0.1, 0.15) is 5.82 Å². The van der Waals surface area contributed by atoms with Crippen LogP contribution in [0.4, 0.5) is 10.1 Å². The molecule has 1 fully saturated rings.